The second kappa shape index (κ2) is 17.9. The fraction of sp³-hybridized carbons (Fsp3) is 0.659. The van der Waals surface area contributed by atoms with E-state index in [4.69, 9.17) is 14.5 Å². The molecule has 1 aliphatic carbocycles. The van der Waals surface area contributed by atoms with Gasteiger partial charge >= 0.3 is 0 Å². The first-order valence-electron chi connectivity index (χ1n) is 21.8. The third kappa shape index (κ3) is 9.12. The summed E-state index contributed by atoms with van der Waals surface area (Å²) in [6, 6.07) is 5.82. The van der Waals surface area contributed by atoms with Crippen LogP contribution in [-0.4, -0.2) is 104 Å². The number of aliphatic hydroxyl groups is 1. The van der Waals surface area contributed by atoms with Gasteiger partial charge < -0.3 is 30.7 Å². The quantitative estimate of drug-likeness (QED) is 0.184. The van der Waals surface area contributed by atoms with Crippen molar-refractivity contribution in [1.82, 2.24) is 36.3 Å². The smallest absolute Gasteiger partial charge is 0.246 e. The second-order valence-electron chi connectivity index (χ2n) is 19.0. The lowest BCUT2D eigenvalue weighted by Crippen LogP contribution is -2.77. The summed E-state index contributed by atoms with van der Waals surface area (Å²) in [6.45, 7) is 13.2. The first-order chi connectivity index (χ1) is 29.3. The van der Waals surface area contributed by atoms with Crippen molar-refractivity contribution in [3.05, 3.63) is 41.0 Å². The zero-order valence-electron chi connectivity index (χ0n) is 36.7. The number of carbonyl (C=O) groups excluding carboxylic acids is 6. The number of fused-ring (bicyclic) bond motifs is 2. The molecule has 2 bridgehead atoms. The molecule has 8 rings (SSSR count). The van der Waals surface area contributed by atoms with E-state index >= 15 is 0 Å². The van der Waals surface area contributed by atoms with Crippen LogP contribution in [0.5, 0.6) is 0 Å². The van der Waals surface area contributed by atoms with Crippen molar-refractivity contribution in [2.75, 3.05) is 13.1 Å². The summed E-state index contributed by atoms with van der Waals surface area (Å²) >= 11 is 1.56. The van der Waals surface area contributed by atoms with Gasteiger partial charge in [-0.2, -0.15) is 0 Å². The number of β-amino-alcohol motifs (C(OH)–C–C–N with tert-alkyl or cyclic N) is 1. The molecular formula is C44H61N7O10S. The maximum absolute atomic E-state index is 14.0. The molecule has 5 aliphatic heterocycles. The van der Waals surface area contributed by atoms with Crippen LogP contribution in [0.2, 0.25) is 0 Å². The van der Waals surface area contributed by atoms with Gasteiger partial charge in [-0.3, -0.25) is 34.2 Å². The molecule has 6 amide bonds. The topological polar surface area (TPSA) is 218 Å². The predicted molar refractivity (Wildman–Crippen MR) is 225 cm³/mol. The highest BCUT2D eigenvalue weighted by Gasteiger charge is 2.71. The van der Waals surface area contributed by atoms with E-state index < -0.39 is 76.7 Å². The van der Waals surface area contributed by atoms with E-state index in [1.54, 1.807) is 44.5 Å². The normalized spacial score (nSPS) is 30.8. The number of thiazole rings is 1. The van der Waals surface area contributed by atoms with E-state index in [2.05, 4.69) is 33.3 Å². The van der Waals surface area contributed by atoms with Crippen LogP contribution in [0.1, 0.15) is 104 Å². The molecule has 5 saturated heterocycles. The largest absolute Gasteiger partial charge is 0.391 e. The Morgan fingerprint density at radius 3 is 2.39 bits per heavy atom. The number of aromatic nitrogens is 1. The molecule has 0 radical (unpaired) electrons. The predicted octanol–water partition coefficient (Wildman–Crippen LogP) is 3.24. The van der Waals surface area contributed by atoms with Crippen molar-refractivity contribution in [2.24, 2.45) is 29.1 Å². The lowest BCUT2D eigenvalue weighted by molar-refractivity contribution is -0.549. The van der Waals surface area contributed by atoms with Crippen LogP contribution in [0.3, 0.4) is 0 Å². The van der Waals surface area contributed by atoms with Gasteiger partial charge in [0.25, 0.3) is 0 Å². The van der Waals surface area contributed by atoms with Crippen LogP contribution < -0.4 is 21.4 Å². The van der Waals surface area contributed by atoms with Gasteiger partial charge in [0, 0.05) is 63.6 Å². The van der Waals surface area contributed by atoms with Crippen molar-refractivity contribution < 1.29 is 48.4 Å². The molecule has 10 atom stereocenters. The molecule has 6 fully saturated rings. The monoisotopic (exact) mass is 879 g/mol. The molecule has 6 aliphatic rings. The standard InChI is InChI=1S/C44H61N7O10S/c1-24-8-13-31-25(2)39(57)51(41-44(31)30(24)16-18-43(7,59-41)60-61-44)49-35(55)15-14-33(53)45-19-17-34(54)48-37(42(4,5)6)40(58)50-22-29(52)20-32(50)38(56)46-21-27-9-11-28(12-10-27)36-26(3)47-23-62-36/h9-12,23-25,29-32,37,41,52H,8,13-22H2,1-7H3,(H,45,53)(H,46,56)(H,48,54)(H,49,55). The Morgan fingerprint density at radius 1 is 0.968 bits per heavy atom. The summed E-state index contributed by atoms with van der Waals surface area (Å²) in [5.74, 6) is -4.05. The molecule has 10 unspecified atom stereocenters. The molecule has 5 N–H and O–H groups in total. The number of carbonyl (C=O) groups is 6. The maximum atomic E-state index is 14.0. The van der Waals surface area contributed by atoms with E-state index in [0.29, 0.717) is 12.3 Å². The Labute approximate surface area is 366 Å². The lowest BCUT2D eigenvalue weighted by Gasteiger charge is -2.61. The summed E-state index contributed by atoms with van der Waals surface area (Å²) in [7, 11) is 0. The molecular weight excluding hydrogens is 819 g/mol. The van der Waals surface area contributed by atoms with E-state index in [9.17, 15) is 33.9 Å². The number of benzene rings is 1. The van der Waals surface area contributed by atoms with E-state index in [-0.39, 0.29) is 63.1 Å². The number of nitrogens with one attached hydrogen (secondary N) is 4. The summed E-state index contributed by atoms with van der Waals surface area (Å²) < 4.78 is 6.43. The Balaban J connectivity index is 0.882. The second-order valence-corrected chi connectivity index (χ2v) is 19.9. The lowest BCUT2D eigenvalue weighted by atomic mass is 9.57. The zero-order chi connectivity index (χ0) is 44.7. The third-order valence-corrected chi connectivity index (χ3v) is 14.5. The van der Waals surface area contributed by atoms with Gasteiger partial charge in [0.2, 0.25) is 41.2 Å². The molecule has 1 saturated carbocycles. The fourth-order valence-corrected chi connectivity index (χ4v) is 10.8. The van der Waals surface area contributed by atoms with Crippen LogP contribution in [-0.2, 0) is 49.8 Å². The van der Waals surface area contributed by atoms with Crippen LogP contribution >= 0.6 is 11.3 Å². The maximum Gasteiger partial charge on any atom is 0.246 e. The molecule has 1 spiro atoms. The van der Waals surface area contributed by atoms with Crippen LogP contribution in [0, 0.1) is 36.0 Å². The van der Waals surface area contributed by atoms with Crippen LogP contribution in [0.25, 0.3) is 10.4 Å². The minimum Gasteiger partial charge on any atom is -0.391 e. The number of rotatable bonds is 13. The molecule has 2 aromatic rings. The highest BCUT2D eigenvalue weighted by molar-refractivity contribution is 7.13. The average molecular weight is 880 g/mol. The minimum absolute atomic E-state index is 0.0571. The highest BCUT2D eigenvalue weighted by Crippen LogP contribution is 2.60. The number of hydrazine groups is 1. The van der Waals surface area contributed by atoms with Gasteiger partial charge in [0.1, 0.15) is 12.1 Å². The van der Waals surface area contributed by atoms with Crippen LogP contribution in [0.4, 0.5) is 0 Å². The molecule has 62 heavy (non-hydrogen) atoms. The number of likely N-dealkylation sites (tertiary alicyclic amines) is 1. The van der Waals surface area contributed by atoms with Crippen molar-refractivity contribution >= 4 is 46.8 Å². The van der Waals surface area contributed by atoms with Gasteiger partial charge in [0.05, 0.1) is 22.2 Å². The number of piperidine rings is 1. The van der Waals surface area contributed by atoms with Gasteiger partial charge in [-0.25, -0.2) is 19.8 Å². The van der Waals surface area contributed by atoms with Crippen molar-refractivity contribution in [3.8, 4) is 10.4 Å². The number of aryl methyl sites for hydroxylation is 1. The Hall–Kier alpha value is -4.49. The summed E-state index contributed by atoms with van der Waals surface area (Å²) in [4.78, 5) is 99.3. The molecule has 18 heteroatoms. The summed E-state index contributed by atoms with van der Waals surface area (Å²) in [5, 5.41) is 20.2. The minimum atomic E-state index is -1.08. The van der Waals surface area contributed by atoms with Crippen molar-refractivity contribution in [3.63, 3.8) is 0 Å². The average Bonchev–Trinajstić information content (AvgIpc) is 3.76. The van der Waals surface area contributed by atoms with Gasteiger partial charge in [0.15, 0.2) is 11.8 Å². The number of aliphatic hydroxyl groups excluding tert-OH is 1. The Morgan fingerprint density at radius 2 is 1.69 bits per heavy atom. The molecule has 6 heterocycles. The number of hydrogen-bond acceptors (Lipinski definition) is 12. The Kier molecular flexibility index (Phi) is 13.2. The first kappa shape index (κ1) is 45.5. The summed E-state index contributed by atoms with van der Waals surface area (Å²) in [6.07, 6.45) is 0.758. The van der Waals surface area contributed by atoms with Gasteiger partial charge in [-0.1, -0.05) is 58.9 Å². The number of amides is 6. The van der Waals surface area contributed by atoms with Crippen molar-refractivity contribution in [1.29, 1.82) is 0 Å². The van der Waals surface area contributed by atoms with E-state index in [0.717, 1.165) is 41.0 Å². The van der Waals surface area contributed by atoms with E-state index in [1.165, 1.54) is 9.91 Å². The Bertz CT molecular complexity index is 2040. The van der Waals surface area contributed by atoms with Gasteiger partial charge in [-0.15, -0.1) is 11.3 Å². The summed E-state index contributed by atoms with van der Waals surface area (Å²) in [5.41, 5.74) is 5.66. The third-order valence-electron chi connectivity index (χ3n) is 13.5. The fourth-order valence-electron chi connectivity index (χ4n) is 10.0. The van der Waals surface area contributed by atoms with Crippen LogP contribution in [0.15, 0.2) is 29.8 Å². The first-order valence-corrected chi connectivity index (χ1v) is 22.7. The molecule has 17 nitrogen and oxygen atoms in total. The highest BCUT2D eigenvalue weighted by atomic mass is 32.1. The zero-order valence-corrected chi connectivity index (χ0v) is 37.5. The van der Waals surface area contributed by atoms with Crippen molar-refractivity contribution in [2.45, 2.75) is 142 Å². The SMILES string of the molecule is Cc1ncsc1-c1ccc(CNC(=O)C2CC(O)CN2C(=O)C(NC(=O)CCNC(=O)CCC(=O)NN2C(=O)C(C)C3CCC(C)C4CCC5(C)OOC43C2O5)C(C)(C)C)cc1. The molecule has 338 valence electrons. The molecule has 1 aromatic heterocycles. The number of hydrogen-bond donors (Lipinski definition) is 5. The molecule has 1 aromatic carbocycles. The number of nitrogens with zero attached hydrogens (tertiary/aromatic N) is 3. The van der Waals surface area contributed by atoms with E-state index in [1.807, 2.05) is 38.1 Å². The van der Waals surface area contributed by atoms with Gasteiger partial charge in [-0.05, 0) is 61.5 Å². The number of ether oxygens (including phenoxy) is 1.